The zero-order valence-electron chi connectivity index (χ0n) is 47.6. The van der Waals surface area contributed by atoms with E-state index in [1.165, 1.54) is 96.3 Å². The number of esters is 3. The fourth-order valence-corrected chi connectivity index (χ4v) is 9.11. The molecule has 0 aromatic rings. The second kappa shape index (κ2) is 56.4. The van der Waals surface area contributed by atoms with E-state index in [0.717, 1.165) is 122 Å². The number of aliphatic hydroxyl groups excluding tert-OH is 1. The third-order valence-corrected chi connectivity index (χ3v) is 13.9. The van der Waals surface area contributed by atoms with Crippen LogP contribution < -0.4 is 0 Å². The number of phosphoric acid groups is 1. The molecule has 0 rings (SSSR count). The summed E-state index contributed by atoms with van der Waals surface area (Å²) >= 11 is 0. The van der Waals surface area contributed by atoms with Gasteiger partial charge in [0.2, 0.25) is 0 Å². The predicted molar refractivity (Wildman–Crippen MR) is 307 cm³/mol. The van der Waals surface area contributed by atoms with Crippen LogP contribution in [0.2, 0.25) is 0 Å². The van der Waals surface area contributed by atoms with Crippen LogP contribution in [-0.4, -0.2) is 66.5 Å². The summed E-state index contributed by atoms with van der Waals surface area (Å²) in [6.07, 6.45) is 61.8. The van der Waals surface area contributed by atoms with Gasteiger partial charge in [0.05, 0.1) is 19.8 Å². The maximum absolute atomic E-state index is 12.9. The first-order valence-corrected chi connectivity index (χ1v) is 31.7. The van der Waals surface area contributed by atoms with Crippen molar-refractivity contribution >= 4 is 25.7 Å². The molecule has 0 aromatic heterocycles. The van der Waals surface area contributed by atoms with Gasteiger partial charge in [0.15, 0.2) is 6.10 Å². The number of hydrogen-bond donors (Lipinski definition) is 2. The van der Waals surface area contributed by atoms with Crippen LogP contribution >= 0.6 is 7.82 Å². The van der Waals surface area contributed by atoms with E-state index in [-0.39, 0.29) is 25.9 Å². The zero-order chi connectivity index (χ0) is 54.1. The number of unbranched alkanes of at least 4 members (excludes halogenated alkanes) is 29. The average Bonchev–Trinajstić information content (AvgIpc) is 3.39. The Hall–Kier alpha value is -2.82. The van der Waals surface area contributed by atoms with Gasteiger partial charge in [-0.2, -0.15) is 0 Å². The normalized spacial score (nSPS) is 13.7. The first kappa shape index (κ1) is 71.2. The first-order valence-electron chi connectivity index (χ1n) is 30.2. The van der Waals surface area contributed by atoms with Crippen molar-refractivity contribution in [3.05, 3.63) is 60.8 Å². The predicted octanol–water partition coefficient (Wildman–Crippen LogP) is 17.9. The topological polar surface area (TPSA) is 155 Å². The highest BCUT2D eigenvalue weighted by Gasteiger charge is 2.28. The maximum atomic E-state index is 12.9. The quantitative estimate of drug-likeness (QED) is 0.0197. The minimum atomic E-state index is -4.75. The molecule has 0 amide bonds. The fourth-order valence-electron chi connectivity index (χ4n) is 8.33. The molecule has 0 radical (unpaired) electrons. The van der Waals surface area contributed by atoms with Crippen molar-refractivity contribution in [3.63, 3.8) is 0 Å². The lowest BCUT2D eigenvalue weighted by molar-refractivity contribution is -0.161. The molecule has 0 saturated heterocycles. The number of carbonyl (C=O) groups excluding carboxylic acids is 3. The molecule has 74 heavy (non-hydrogen) atoms. The molecule has 0 aliphatic rings. The van der Waals surface area contributed by atoms with E-state index in [1.807, 2.05) is 0 Å². The minimum Gasteiger partial charge on any atom is -0.462 e. The highest BCUT2D eigenvalue weighted by atomic mass is 31.2. The van der Waals surface area contributed by atoms with Crippen LogP contribution in [-0.2, 0) is 42.2 Å². The SMILES string of the molecule is CC/C=C\C/C=C\C/C=C\C/C=C\CCCCCCCCC(=O)OCC(COP(=O)(O)OCC(CO)OC(=O)CCCCCCC/C=C\CCCC)OC(=O)CCCCCCCCCCCCCCCCCCC. The van der Waals surface area contributed by atoms with Crippen molar-refractivity contribution in [2.75, 3.05) is 26.4 Å². The molecule has 3 atom stereocenters. The number of hydrogen-bond acceptors (Lipinski definition) is 10. The van der Waals surface area contributed by atoms with Gasteiger partial charge < -0.3 is 24.2 Å². The summed E-state index contributed by atoms with van der Waals surface area (Å²) in [6.45, 7) is 4.50. The van der Waals surface area contributed by atoms with Crippen molar-refractivity contribution in [1.29, 1.82) is 0 Å². The van der Waals surface area contributed by atoms with E-state index < -0.39 is 57.8 Å². The number of phosphoric ester groups is 1. The smallest absolute Gasteiger partial charge is 0.462 e. The van der Waals surface area contributed by atoms with Crippen LogP contribution in [0.25, 0.3) is 0 Å². The minimum absolute atomic E-state index is 0.166. The van der Waals surface area contributed by atoms with Crippen molar-refractivity contribution in [2.45, 2.75) is 290 Å². The van der Waals surface area contributed by atoms with Crippen molar-refractivity contribution in [2.24, 2.45) is 0 Å². The number of allylic oxidation sites excluding steroid dienone is 10. The Morgan fingerprint density at radius 1 is 0.392 bits per heavy atom. The van der Waals surface area contributed by atoms with E-state index in [4.69, 9.17) is 23.3 Å². The largest absolute Gasteiger partial charge is 0.472 e. The summed E-state index contributed by atoms with van der Waals surface area (Å²) in [5, 5.41) is 9.80. The van der Waals surface area contributed by atoms with Gasteiger partial charge in [-0.05, 0) is 77.0 Å². The second-order valence-corrected chi connectivity index (χ2v) is 21.6. The molecule has 0 fully saturated rings. The van der Waals surface area contributed by atoms with Crippen LogP contribution in [0.15, 0.2) is 60.8 Å². The van der Waals surface area contributed by atoms with E-state index in [9.17, 15) is 28.9 Å². The molecule has 0 saturated carbocycles. The van der Waals surface area contributed by atoms with E-state index >= 15 is 0 Å². The van der Waals surface area contributed by atoms with Gasteiger partial charge in [-0.25, -0.2) is 4.57 Å². The average molecular weight is 1060 g/mol. The highest BCUT2D eigenvalue weighted by Crippen LogP contribution is 2.43. The van der Waals surface area contributed by atoms with Crippen LogP contribution in [0, 0.1) is 0 Å². The number of aliphatic hydroxyl groups is 1. The summed E-state index contributed by atoms with van der Waals surface area (Å²) in [5.74, 6) is -1.48. The van der Waals surface area contributed by atoms with E-state index in [1.54, 1.807) is 0 Å². The number of ether oxygens (including phenoxy) is 3. The van der Waals surface area contributed by atoms with Crippen molar-refractivity contribution in [1.82, 2.24) is 0 Å². The lowest BCUT2D eigenvalue weighted by atomic mass is 10.0. The van der Waals surface area contributed by atoms with Crippen molar-refractivity contribution in [3.8, 4) is 0 Å². The molecule has 0 heterocycles. The molecule has 2 N–H and O–H groups in total. The van der Waals surface area contributed by atoms with E-state index in [2.05, 4.69) is 81.5 Å². The van der Waals surface area contributed by atoms with E-state index in [0.29, 0.717) is 19.3 Å². The Kier molecular flexibility index (Phi) is 54.2. The van der Waals surface area contributed by atoms with Gasteiger partial charge in [0.1, 0.15) is 12.7 Å². The van der Waals surface area contributed by atoms with Crippen LogP contribution in [0.1, 0.15) is 278 Å². The fraction of sp³-hybridized carbons (Fsp3) is 0.790. The molecular weight excluding hydrogens is 952 g/mol. The monoisotopic (exact) mass is 1060 g/mol. The highest BCUT2D eigenvalue weighted by molar-refractivity contribution is 7.47. The van der Waals surface area contributed by atoms with Gasteiger partial charge in [-0.15, -0.1) is 0 Å². The third-order valence-electron chi connectivity index (χ3n) is 12.9. The summed E-state index contributed by atoms with van der Waals surface area (Å²) in [4.78, 5) is 48.6. The summed E-state index contributed by atoms with van der Waals surface area (Å²) < 4.78 is 39.5. The maximum Gasteiger partial charge on any atom is 0.472 e. The van der Waals surface area contributed by atoms with Gasteiger partial charge >= 0.3 is 25.7 Å². The third kappa shape index (κ3) is 54.0. The van der Waals surface area contributed by atoms with Gasteiger partial charge in [0, 0.05) is 19.3 Å². The van der Waals surface area contributed by atoms with Crippen LogP contribution in [0.5, 0.6) is 0 Å². The van der Waals surface area contributed by atoms with Gasteiger partial charge in [-0.3, -0.25) is 23.4 Å². The Bertz CT molecular complexity index is 1470. The van der Waals surface area contributed by atoms with Gasteiger partial charge in [-0.1, -0.05) is 242 Å². The molecule has 0 spiro atoms. The summed E-state index contributed by atoms with van der Waals surface area (Å²) in [5.41, 5.74) is 0. The molecule has 12 heteroatoms. The summed E-state index contributed by atoms with van der Waals surface area (Å²) in [7, 11) is -4.75. The lowest BCUT2D eigenvalue weighted by Gasteiger charge is -2.21. The second-order valence-electron chi connectivity index (χ2n) is 20.1. The Morgan fingerprint density at radius 2 is 0.716 bits per heavy atom. The first-order chi connectivity index (χ1) is 36.2. The number of carbonyl (C=O) groups is 3. The van der Waals surface area contributed by atoms with Crippen LogP contribution in [0.3, 0.4) is 0 Å². The number of rotatable bonds is 56. The standard InChI is InChI=1S/C62H111O11P/c1-4-7-10-13-16-19-22-24-26-28-29-31-32-34-37-39-42-45-48-51-60(64)69-55-59(73-62(66)53-50-47-44-41-38-35-33-30-27-25-23-20-17-14-11-8-5-2)57-71-74(67,68)70-56-58(54-63)72-61(65)52-49-46-43-40-36-21-18-15-12-9-6-3/h7,10,15-16,18-19,24,26,29,31,58-59,63H,4-6,8-9,11-14,17,20-23,25,27-28,30,32-57H2,1-3H3,(H,67,68)/b10-7-,18-15-,19-16-,26-24-,31-29-. The van der Waals surface area contributed by atoms with Crippen LogP contribution in [0.4, 0.5) is 0 Å². The molecule has 11 nitrogen and oxygen atoms in total. The van der Waals surface area contributed by atoms with Crippen molar-refractivity contribution < 1.29 is 52.2 Å². The lowest BCUT2D eigenvalue weighted by Crippen LogP contribution is -2.30. The summed E-state index contributed by atoms with van der Waals surface area (Å²) in [6, 6.07) is 0. The Morgan fingerprint density at radius 3 is 1.14 bits per heavy atom. The molecule has 3 unspecified atom stereocenters. The molecule has 0 aliphatic carbocycles. The zero-order valence-corrected chi connectivity index (χ0v) is 48.5. The molecule has 0 aromatic carbocycles. The Balaban J connectivity index is 4.72. The molecular formula is C62H111O11P. The molecule has 430 valence electrons. The molecule has 0 aliphatic heterocycles. The Labute approximate surface area is 453 Å². The van der Waals surface area contributed by atoms with Gasteiger partial charge in [0.25, 0.3) is 0 Å². The molecule has 0 bridgehead atoms.